The molecule has 2 N–H and O–H groups in total. The first-order valence-corrected chi connectivity index (χ1v) is 5.47. The Morgan fingerprint density at radius 2 is 2.12 bits per heavy atom. The molecule has 0 spiro atoms. The lowest BCUT2D eigenvalue weighted by atomic mass is 10.2. The van der Waals surface area contributed by atoms with Crippen LogP contribution in [0, 0.1) is 0 Å². The van der Waals surface area contributed by atoms with Gasteiger partial charge >= 0.3 is 0 Å². The van der Waals surface area contributed by atoms with Crippen LogP contribution in [0.4, 0.5) is 5.82 Å². The number of rotatable bonds is 3. The van der Waals surface area contributed by atoms with E-state index >= 15 is 0 Å². The second-order valence-electron chi connectivity index (χ2n) is 3.03. The van der Waals surface area contributed by atoms with Gasteiger partial charge in [-0.1, -0.05) is 30.3 Å². The van der Waals surface area contributed by atoms with Crippen LogP contribution in [0.3, 0.4) is 0 Å². The van der Waals surface area contributed by atoms with Crippen molar-refractivity contribution in [1.29, 1.82) is 0 Å². The largest absolute Gasteiger partial charge is 0.326 e. The van der Waals surface area contributed by atoms with Crippen molar-refractivity contribution in [3.63, 3.8) is 0 Å². The summed E-state index contributed by atoms with van der Waals surface area (Å²) in [5, 5.41) is 4.35. The molecule has 0 radical (unpaired) electrons. The third kappa shape index (κ3) is 2.04. The molecule has 1 aromatic heterocycles. The number of nitrogens with zero attached hydrogens (tertiary/aromatic N) is 4. The molecule has 2 rings (SSSR count). The molecule has 0 atom stereocenters. The van der Waals surface area contributed by atoms with Crippen molar-refractivity contribution in [2.24, 2.45) is 10.8 Å². The summed E-state index contributed by atoms with van der Waals surface area (Å²) >= 11 is 1.45. The van der Waals surface area contributed by atoms with Crippen molar-refractivity contribution in [2.75, 3.05) is 0 Å². The van der Waals surface area contributed by atoms with E-state index in [4.69, 9.17) is 11.3 Å². The van der Waals surface area contributed by atoms with Gasteiger partial charge in [0.1, 0.15) is 10.8 Å². The highest BCUT2D eigenvalue weighted by Crippen LogP contribution is 2.32. The average molecular weight is 231 g/mol. The molecule has 6 heteroatoms. The topological polar surface area (TPSA) is 87.7 Å². The fraction of sp³-hybridized carbons (Fsp3) is 0.100. The maximum absolute atomic E-state index is 8.40. The summed E-state index contributed by atoms with van der Waals surface area (Å²) in [4.78, 5) is 7.80. The van der Waals surface area contributed by atoms with Crippen molar-refractivity contribution >= 4 is 17.2 Å². The van der Waals surface area contributed by atoms with E-state index in [0.717, 1.165) is 15.4 Å². The summed E-state index contributed by atoms with van der Waals surface area (Å²) in [7, 11) is 0. The molecule has 0 saturated carbocycles. The molecule has 0 aliphatic rings. The third-order valence-electron chi connectivity index (χ3n) is 2.02. The van der Waals surface area contributed by atoms with E-state index in [1.807, 2.05) is 30.3 Å². The Bertz CT molecular complexity index is 527. The van der Waals surface area contributed by atoms with Crippen molar-refractivity contribution in [1.82, 2.24) is 4.98 Å². The maximum Gasteiger partial charge on any atom is 0.142 e. The van der Waals surface area contributed by atoms with E-state index in [2.05, 4.69) is 15.0 Å². The highest BCUT2D eigenvalue weighted by molar-refractivity contribution is 7.15. The molecule has 0 saturated heterocycles. The van der Waals surface area contributed by atoms with Crippen molar-refractivity contribution < 1.29 is 0 Å². The Balaban J connectivity index is 2.48. The van der Waals surface area contributed by atoms with Gasteiger partial charge < -0.3 is 5.73 Å². The van der Waals surface area contributed by atoms with Gasteiger partial charge in [0, 0.05) is 21.9 Å². The van der Waals surface area contributed by atoms with Crippen LogP contribution in [0.5, 0.6) is 0 Å². The highest BCUT2D eigenvalue weighted by atomic mass is 32.1. The van der Waals surface area contributed by atoms with Gasteiger partial charge in [-0.3, -0.25) is 0 Å². The first-order chi connectivity index (χ1) is 7.85. The lowest BCUT2D eigenvalue weighted by Gasteiger charge is -1.92. The minimum atomic E-state index is 0.332. The van der Waals surface area contributed by atoms with Crippen LogP contribution < -0.4 is 5.73 Å². The quantitative estimate of drug-likeness (QED) is 0.499. The number of hydrogen-bond acceptors (Lipinski definition) is 4. The van der Waals surface area contributed by atoms with Crippen LogP contribution in [0.25, 0.3) is 21.0 Å². The van der Waals surface area contributed by atoms with Gasteiger partial charge in [0.15, 0.2) is 0 Å². The molecule has 0 bridgehead atoms. The molecule has 16 heavy (non-hydrogen) atoms. The number of thiazole rings is 1. The van der Waals surface area contributed by atoms with Gasteiger partial charge in [-0.15, -0.1) is 11.3 Å². The molecule has 0 unspecified atom stereocenters. The van der Waals surface area contributed by atoms with E-state index in [9.17, 15) is 0 Å². The molecule has 0 aliphatic heterocycles. The lowest BCUT2D eigenvalue weighted by molar-refractivity contribution is 1.09. The van der Waals surface area contributed by atoms with Crippen LogP contribution in [0.2, 0.25) is 0 Å². The summed E-state index contributed by atoms with van der Waals surface area (Å²) < 4.78 is 0. The second kappa shape index (κ2) is 4.76. The van der Waals surface area contributed by atoms with Crippen LogP contribution in [-0.2, 0) is 6.54 Å². The fourth-order valence-electron chi connectivity index (χ4n) is 1.30. The summed E-state index contributed by atoms with van der Waals surface area (Å²) in [6.07, 6.45) is 0. The SMILES string of the molecule is [N-]=[N+]=Nc1nc(-c2ccccc2)sc1CN. The van der Waals surface area contributed by atoms with E-state index < -0.39 is 0 Å². The van der Waals surface area contributed by atoms with E-state index in [1.54, 1.807) is 0 Å². The first-order valence-electron chi connectivity index (χ1n) is 4.65. The molecule has 1 aromatic carbocycles. The Morgan fingerprint density at radius 3 is 2.75 bits per heavy atom. The normalized spacial score (nSPS) is 9.81. The molecule has 0 amide bonds. The van der Waals surface area contributed by atoms with E-state index in [1.165, 1.54) is 11.3 Å². The van der Waals surface area contributed by atoms with Crippen molar-refractivity contribution in [3.05, 3.63) is 45.7 Å². The minimum Gasteiger partial charge on any atom is -0.326 e. The standard InChI is InChI=1S/C10H9N5S/c11-6-8-9(14-15-12)13-10(16-8)7-4-2-1-3-5-7/h1-5H,6,11H2. The van der Waals surface area contributed by atoms with Gasteiger partial charge in [-0.2, -0.15) is 0 Å². The summed E-state index contributed by atoms with van der Waals surface area (Å²) in [5.74, 6) is 0.383. The lowest BCUT2D eigenvalue weighted by Crippen LogP contribution is -1.92. The monoisotopic (exact) mass is 231 g/mol. The molecular weight excluding hydrogens is 222 g/mol. The van der Waals surface area contributed by atoms with Gasteiger partial charge in [-0.05, 0) is 10.6 Å². The number of nitrogens with two attached hydrogens (primary N) is 1. The molecule has 1 heterocycles. The molecular formula is C10H9N5S. The molecule has 0 aliphatic carbocycles. The van der Waals surface area contributed by atoms with Crippen molar-refractivity contribution in [2.45, 2.75) is 6.54 Å². The van der Waals surface area contributed by atoms with E-state index in [-0.39, 0.29) is 0 Å². The molecule has 80 valence electrons. The molecule has 0 fully saturated rings. The van der Waals surface area contributed by atoms with Crippen LogP contribution in [0.1, 0.15) is 4.88 Å². The van der Waals surface area contributed by atoms with Crippen LogP contribution in [0.15, 0.2) is 35.4 Å². The summed E-state index contributed by atoms with van der Waals surface area (Å²) in [5.41, 5.74) is 15.0. The maximum atomic E-state index is 8.40. The zero-order valence-electron chi connectivity index (χ0n) is 8.37. The highest BCUT2D eigenvalue weighted by Gasteiger charge is 2.09. The Labute approximate surface area is 96.2 Å². The molecule has 2 aromatic rings. The third-order valence-corrected chi connectivity index (χ3v) is 3.14. The van der Waals surface area contributed by atoms with Gasteiger partial charge in [0.25, 0.3) is 0 Å². The predicted octanol–water partition coefficient (Wildman–Crippen LogP) is 3.21. The zero-order chi connectivity index (χ0) is 11.4. The summed E-state index contributed by atoms with van der Waals surface area (Å²) in [6.45, 7) is 0.332. The zero-order valence-corrected chi connectivity index (χ0v) is 9.18. The first kappa shape index (κ1) is 10.6. The van der Waals surface area contributed by atoms with Crippen LogP contribution >= 0.6 is 11.3 Å². The minimum absolute atomic E-state index is 0.332. The van der Waals surface area contributed by atoms with E-state index in [0.29, 0.717) is 12.4 Å². The summed E-state index contributed by atoms with van der Waals surface area (Å²) in [6, 6.07) is 9.73. The average Bonchev–Trinajstić information content (AvgIpc) is 2.74. The fourth-order valence-corrected chi connectivity index (χ4v) is 2.18. The Morgan fingerprint density at radius 1 is 1.38 bits per heavy atom. The Hall–Kier alpha value is -1.88. The van der Waals surface area contributed by atoms with Gasteiger partial charge in [0.05, 0.1) is 0 Å². The Kier molecular flexibility index (Phi) is 3.16. The van der Waals surface area contributed by atoms with Crippen LogP contribution in [-0.4, -0.2) is 4.98 Å². The number of hydrogen-bond donors (Lipinski definition) is 1. The van der Waals surface area contributed by atoms with Gasteiger partial charge in [0.2, 0.25) is 0 Å². The predicted molar refractivity (Wildman–Crippen MR) is 64.2 cm³/mol. The molecule has 5 nitrogen and oxygen atoms in total. The number of aromatic nitrogens is 1. The second-order valence-corrected chi connectivity index (χ2v) is 4.11. The van der Waals surface area contributed by atoms with Crippen molar-refractivity contribution in [3.8, 4) is 10.6 Å². The van der Waals surface area contributed by atoms with Gasteiger partial charge in [-0.25, -0.2) is 4.98 Å². The number of azide groups is 1. The smallest absolute Gasteiger partial charge is 0.142 e. The number of benzene rings is 1.